The smallest absolute Gasteiger partial charge is 0.228 e. The van der Waals surface area contributed by atoms with Crippen LogP contribution in [-0.2, 0) is 9.59 Å². The Morgan fingerprint density at radius 1 is 1.21 bits per heavy atom. The summed E-state index contributed by atoms with van der Waals surface area (Å²) in [4.78, 5) is 37.4. The van der Waals surface area contributed by atoms with E-state index < -0.39 is 0 Å². The number of amides is 2. The topological polar surface area (TPSA) is 75.6 Å². The number of carbonyl (C=O) groups is 2. The number of benzene rings is 1. The summed E-state index contributed by atoms with van der Waals surface area (Å²) in [6.07, 6.45) is 3.52. The number of halogens is 1. The van der Waals surface area contributed by atoms with Crippen molar-refractivity contribution in [2.45, 2.75) is 32.3 Å². The summed E-state index contributed by atoms with van der Waals surface area (Å²) >= 11 is 5.93. The van der Waals surface area contributed by atoms with E-state index in [0.29, 0.717) is 36.4 Å². The van der Waals surface area contributed by atoms with Gasteiger partial charge in [-0.05, 0) is 44.0 Å². The molecule has 1 aromatic carbocycles. The molecule has 0 radical (unpaired) electrons. The molecule has 0 spiro atoms. The summed E-state index contributed by atoms with van der Waals surface area (Å²) in [5.41, 5.74) is 0.772. The van der Waals surface area contributed by atoms with Crippen LogP contribution in [0.3, 0.4) is 0 Å². The Labute approximate surface area is 174 Å². The van der Waals surface area contributed by atoms with Crippen LogP contribution in [-0.4, -0.2) is 52.4 Å². The highest BCUT2D eigenvalue weighted by Gasteiger charge is 2.38. The molecule has 0 saturated carbocycles. The highest BCUT2D eigenvalue weighted by atomic mass is 35.5. The van der Waals surface area contributed by atoms with Gasteiger partial charge in [0.1, 0.15) is 11.9 Å². The van der Waals surface area contributed by atoms with Crippen LogP contribution in [0.2, 0.25) is 5.02 Å². The lowest BCUT2D eigenvalue weighted by molar-refractivity contribution is -0.138. The fourth-order valence-corrected chi connectivity index (χ4v) is 4.03. The maximum atomic E-state index is 13.1. The number of likely N-dealkylation sites (tertiary alicyclic amines) is 1. The van der Waals surface area contributed by atoms with Gasteiger partial charge in [0, 0.05) is 42.5 Å². The number of aryl methyl sites for hydroxylation is 1. The summed E-state index contributed by atoms with van der Waals surface area (Å²) in [7, 11) is 0. The molecule has 7 nitrogen and oxygen atoms in total. The standard InChI is InChI=1S/C21H23ClN4O3/c1-14-23-9-8-19(24-14)29-18-3-2-10-25(13-18)21(28)15-11-20(27)26(12-15)17-6-4-16(22)5-7-17/h4-9,15,18H,2-3,10-13H2,1H3. The first-order chi connectivity index (χ1) is 14.0. The second-order valence-corrected chi connectivity index (χ2v) is 7.93. The fraction of sp³-hybridized carbons (Fsp3) is 0.429. The molecule has 2 aromatic rings. The molecule has 2 saturated heterocycles. The summed E-state index contributed by atoms with van der Waals surface area (Å²) in [5.74, 6) is 0.826. The number of anilines is 1. The predicted octanol–water partition coefficient (Wildman–Crippen LogP) is 2.86. The number of carbonyl (C=O) groups excluding carboxylic acids is 2. The van der Waals surface area contributed by atoms with Crippen molar-refractivity contribution in [3.63, 3.8) is 0 Å². The number of aromatic nitrogens is 2. The minimum absolute atomic E-state index is 0.0157. The van der Waals surface area contributed by atoms with Crippen LogP contribution < -0.4 is 9.64 Å². The molecule has 4 rings (SSSR count). The Morgan fingerprint density at radius 2 is 2.00 bits per heavy atom. The van der Waals surface area contributed by atoms with Crippen molar-refractivity contribution in [3.8, 4) is 5.88 Å². The fourth-order valence-electron chi connectivity index (χ4n) is 3.91. The van der Waals surface area contributed by atoms with E-state index >= 15 is 0 Å². The van der Waals surface area contributed by atoms with Crippen LogP contribution >= 0.6 is 11.6 Å². The number of piperidine rings is 1. The quantitative estimate of drug-likeness (QED) is 0.768. The Bertz CT molecular complexity index is 905. The van der Waals surface area contributed by atoms with E-state index in [-0.39, 0.29) is 30.3 Å². The second kappa shape index (κ2) is 8.37. The van der Waals surface area contributed by atoms with E-state index in [4.69, 9.17) is 16.3 Å². The molecule has 152 valence electrons. The number of nitrogens with zero attached hydrogens (tertiary/aromatic N) is 4. The monoisotopic (exact) mass is 414 g/mol. The molecule has 1 aromatic heterocycles. The van der Waals surface area contributed by atoms with Crippen molar-refractivity contribution in [2.75, 3.05) is 24.5 Å². The van der Waals surface area contributed by atoms with E-state index in [1.54, 1.807) is 29.3 Å². The van der Waals surface area contributed by atoms with E-state index in [1.165, 1.54) is 0 Å². The largest absolute Gasteiger partial charge is 0.472 e. The lowest BCUT2D eigenvalue weighted by Crippen LogP contribution is -2.47. The van der Waals surface area contributed by atoms with Crippen molar-refractivity contribution in [1.82, 2.24) is 14.9 Å². The van der Waals surface area contributed by atoms with Gasteiger partial charge in [-0.3, -0.25) is 9.59 Å². The highest BCUT2D eigenvalue weighted by molar-refractivity contribution is 6.30. The van der Waals surface area contributed by atoms with E-state index in [1.807, 2.05) is 24.0 Å². The molecule has 3 heterocycles. The Kier molecular flexibility index (Phi) is 5.67. The summed E-state index contributed by atoms with van der Waals surface area (Å²) in [6.45, 7) is 3.40. The van der Waals surface area contributed by atoms with Gasteiger partial charge in [-0.1, -0.05) is 11.6 Å². The van der Waals surface area contributed by atoms with Crippen LogP contribution in [0.15, 0.2) is 36.5 Å². The van der Waals surface area contributed by atoms with E-state index in [9.17, 15) is 9.59 Å². The van der Waals surface area contributed by atoms with Gasteiger partial charge >= 0.3 is 0 Å². The number of rotatable bonds is 4. The van der Waals surface area contributed by atoms with Gasteiger partial charge in [-0.25, -0.2) is 4.98 Å². The van der Waals surface area contributed by atoms with E-state index in [2.05, 4.69) is 9.97 Å². The molecular weight excluding hydrogens is 392 g/mol. The molecule has 0 bridgehead atoms. The van der Waals surface area contributed by atoms with Gasteiger partial charge in [0.05, 0.1) is 12.5 Å². The van der Waals surface area contributed by atoms with Gasteiger partial charge in [0.15, 0.2) is 0 Å². The van der Waals surface area contributed by atoms with Gasteiger partial charge in [0.25, 0.3) is 0 Å². The third-order valence-corrected chi connectivity index (χ3v) is 5.59. The van der Waals surface area contributed by atoms with Crippen LogP contribution in [0.25, 0.3) is 0 Å². The first kappa shape index (κ1) is 19.6. The maximum Gasteiger partial charge on any atom is 0.228 e. The first-order valence-electron chi connectivity index (χ1n) is 9.80. The van der Waals surface area contributed by atoms with Crippen molar-refractivity contribution >= 4 is 29.1 Å². The molecule has 2 fully saturated rings. The third kappa shape index (κ3) is 4.50. The lowest BCUT2D eigenvalue weighted by Gasteiger charge is -2.34. The first-order valence-corrected chi connectivity index (χ1v) is 10.2. The average Bonchev–Trinajstić information content (AvgIpc) is 3.10. The van der Waals surface area contributed by atoms with Crippen molar-refractivity contribution < 1.29 is 14.3 Å². The molecular formula is C21H23ClN4O3. The van der Waals surface area contributed by atoms with Gasteiger partial charge < -0.3 is 14.5 Å². The second-order valence-electron chi connectivity index (χ2n) is 7.49. The minimum atomic E-state index is -0.335. The van der Waals surface area contributed by atoms with Crippen molar-refractivity contribution in [1.29, 1.82) is 0 Å². The Hall–Kier alpha value is -2.67. The van der Waals surface area contributed by atoms with Crippen molar-refractivity contribution in [3.05, 3.63) is 47.4 Å². The van der Waals surface area contributed by atoms with Gasteiger partial charge in [-0.15, -0.1) is 0 Å². The summed E-state index contributed by atoms with van der Waals surface area (Å²) in [6, 6.07) is 8.85. The average molecular weight is 415 g/mol. The van der Waals surface area contributed by atoms with E-state index in [0.717, 1.165) is 18.5 Å². The molecule has 2 amide bonds. The van der Waals surface area contributed by atoms with Crippen LogP contribution in [0.4, 0.5) is 5.69 Å². The lowest BCUT2D eigenvalue weighted by atomic mass is 10.0. The molecule has 2 aliphatic heterocycles. The molecule has 29 heavy (non-hydrogen) atoms. The summed E-state index contributed by atoms with van der Waals surface area (Å²) in [5, 5.41) is 0.617. The number of hydrogen-bond donors (Lipinski definition) is 0. The van der Waals surface area contributed by atoms with Gasteiger partial charge in [-0.2, -0.15) is 4.98 Å². The van der Waals surface area contributed by atoms with Crippen LogP contribution in [0.1, 0.15) is 25.1 Å². The molecule has 0 N–H and O–H groups in total. The van der Waals surface area contributed by atoms with Crippen LogP contribution in [0, 0.1) is 12.8 Å². The zero-order valence-electron chi connectivity index (χ0n) is 16.3. The molecule has 2 unspecified atom stereocenters. The highest BCUT2D eigenvalue weighted by Crippen LogP contribution is 2.28. The Morgan fingerprint density at radius 3 is 2.76 bits per heavy atom. The van der Waals surface area contributed by atoms with Crippen molar-refractivity contribution in [2.24, 2.45) is 5.92 Å². The molecule has 2 atom stereocenters. The maximum absolute atomic E-state index is 13.1. The SMILES string of the molecule is Cc1nccc(OC2CCCN(C(=O)C3CC(=O)N(c4ccc(Cl)cc4)C3)C2)n1. The zero-order chi connectivity index (χ0) is 20.4. The minimum Gasteiger partial charge on any atom is -0.472 e. The third-order valence-electron chi connectivity index (χ3n) is 5.34. The molecule has 0 aliphatic carbocycles. The number of ether oxygens (including phenoxy) is 1. The zero-order valence-corrected chi connectivity index (χ0v) is 17.0. The molecule has 2 aliphatic rings. The number of hydrogen-bond acceptors (Lipinski definition) is 5. The van der Waals surface area contributed by atoms with Crippen LogP contribution in [0.5, 0.6) is 5.88 Å². The molecule has 8 heteroatoms. The van der Waals surface area contributed by atoms with Gasteiger partial charge in [0.2, 0.25) is 17.7 Å². The Balaban J connectivity index is 1.38. The summed E-state index contributed by atoms with van der Waals surface area (Å²) < 4.78 is 5.97. The normalized spacial score (nSPS) is 22.1. The predicted molar refractivity (Wildman–Crippen MR) is 109 cm³/mol.